The molecule has 0 bridgehead atoms. The van der Waals surface area contributed by atoms with Gasteiger partial charge < -0.3 is 10.1 Å². The molecule has 0 aliphatic carbocycles. The minimum Gasteiger partial charge on any atom is -0.452 e. The van der Waals surface area contributed by atoms with Gasteiger partial charge in [-0.3, -0.25) is 10.1 Å². The number of ether oxygens (including phenoxy) is 1. The molecule has 2 aromatic carbocycles. The van der Waals surface area contributed by atoms with Gasteiger partial charge in [0.1, 0.15) is 0 Å². The number of hydrogen-bond donors (Lipinski definition) is 3. The molecular formula is C21H25N3O6S. The molecule has 0 saturated carbocycles. The number of carbonyl (C=O) groups excluding carboxylic acids is 3. The van der Waals surface area contributed by atoms with E-state index in [4.69, 9.17) is 4.74 Å². The Labute approximate surface area is 181 Å². The van der Waals surface area contributed by atoms with Crippen molar-refractivity contribution in [1.82, 2.24) is 10.0 Å². The summed E-state index contributed by atoms with van der Waals surface area (Å²) in [5, 5.41) is 4.62. The molecule has 10 heteroatoms. The van der Waals surface area contributed by atoms with Crippen molar-refractivity contribution in [3.05, 3.63) is 58.7 Å². The van der Waals surface area contributed by atoms with Crippen molar-refractivity contribution in [3.63, 3.8) is 0 Å². The Morgan fingerprint density at radius 2 is 1.68 bits per heavy atom. The van der Waals surface area contributed by atoms with Crippen molar-refractivity contribution < 1.29 is 27.5 Å². The molecule has 31 heavy (non-hydrogen) atoms. The summed E-state index contributed by atoms with van der Waals surface area (Å²) in [4.78, 5) is 36.2. The minimum absolute atomic E-state index is 0.00603. The van der Waals surface area contributed by atoms with Crippen LogP contribution in [0.2, 0.25) is 0 Å². The van der Waals surface area contributed by atoms with Crippen LogP contribution in [0.3, 0.4) is 0 Å². The van der Waals surface area contributed by atoms with Crippen molar-refractivity contribution >= 4 is 33.6 Å². The van der Waals surface area contributed by atoms with Crippen LogP contribution < -0.4 is 15.4 Å². The molecule has 0 aliphatic heterocycles. The van der Waals surface area contributed by atoms with E-state index in [1.807, 2.05) is 26.0 Å². The number of aryl methyl sites for hydroxylation is 3. The van der Waals surface area contributed by atoms with Gasteiger partial charge in [0.05, 0.1) is 10.5 Å². The zero-order valence-electron chi connectivity index (χ0n) is 17.7. The van der Waals surface area contributed by atoms with Gasteiger partial charge in [-0.25, -0.2) is 22.7 Å². The van der Waals surface area contributed by atoms with Crippen molar-refractivity contribution in [2.45, 2.75) is 32.6 Å². The maximum atomic E-state index is 12.3. The van der Waals surface area contributed by atoms with Gasteiger partial charge in [0, 0.05) is 12.2 Å². The molecule has 2 rings (SSSR count). The van der Waals surface area contributed by atoms with E-state index in [-0.39, 0.29) is 17.0 Å². The Morgan fingerprint density at radius 3 is 2.32 bits per heavy atom. The average Bonchev–Trinajstić information content (AvgIpc) is 2.68. The highest BCUT2D eigenvalue weighted by atomic mass is 32.2. The molecule has 0 saturated heterocycles. The van der Waals surface area contributed by atoms with Crippen molar-refractivity contribution in [3.8, 4) is 0 Å². The number of anilines is 1. The molecule has 0 aliphatic rings. The first-order valence-electron chi connectivity index (χ1n) is 9.49. The number of rotatable bonds is 7. The SMILES string of the molecule is CCNS(=O)(=O)c1ccc(C)c(C(=O)OCC(=O)NC(=O)Nc2ccc(C)cc2C)c1. The summed E-state index contributed by atoms with van der Waals surface area (Å²) in [6.07, 6.45) is 0. The van der Waals surface area contributed by atoms with Gasteiger partial charge in [0.2, 0.25) is 10.0 Å². The number of sulfonamides is 1. The summed E-state index contributed by atoms with van der Waals surface area (Å²) in [5.74, 6) is -1.71. The Hall–Kier alpha value is -3.24. The number of esters is 1. The third kappa shape index (κ3) is 6.63. The van der Waals surface area contributed by atoms with Crippen LogP contribution in [0.15, 0.2) is 41.3 Å². The maximum absolute atomic E-state index is 12.3. The number of carbonyl (C=O) groups is 3. The van der Waals surface area contributed by atoms with Crippen LogP contribution in [0.25, 0.3) is 0 Å². The first-order valence-corrected chi connectivity index (χ1v) is 11.0. The summed E-state index contributed by atoms with van der Waals surface area (Å²) < 4.78 is 31.5. The lowest BCUT2D eigenvalue weighted by Gasteiger charge is -2.11. The van der Waals surface area contributed by atoms with E-state index in [1.54, 1.807) is 19.9 Å². The average molecular weight is 448 g/mol. The molecule has 0 atom stereocenters. The molecule has 2 aromatic rings. The smallest absolute Gasteiger partial charge is 0.338 e. The van der Waals surface area contributed by atoms with Gasteiger partial charge in [0.25, 0.3) is 5.91 Å². The highest BCUT2D eigenvalue weighted by Crippen LogP contribution is 2.17. The highest BCUT2D eigenvalue weighted by Gasteiger charge is 2.19. The summed E-state index contributed by atoms with van der Waals surface area (Å²) >= 11 is 0. The van der Waals surface area contributed by atoms with Gasteiger partial charge >= 0.3 is 12.0 Å². The summed E-state index contributed by atoms with van der Waals surface area (Å²) in [6.45, 7) is 6.47. The van der Waals surface area contributed by atoms with E-state index in [9.17, 15) is 22.8 Å². The zero-order chi connectivity index (χ0) is 23.2. The number of benzene rings is 2. The van der Waals surface area contributed by atoms with Crippen molar-refractivity contribution in [2.75, 3.05) is 18.5 Å². The lowest BCUT2D eigenvalue weighted by atomic mass is 10.1. The molecule has 0 fully saturated rings. The zero-order valence-corrected chi connectivity index (χ0v) is 18.6. The summed E-state index contributed by atoms with van der Waals surface area (Å²) in [7, 11) is -3.76. The fourth-order valence-corrected chi connectivity index (χ4v) is 3.81. The van der Waals surface area contributed by atoms with Gasteiger partial charge in [-0.05, 0) is 50.1 Å². The molecule has 0 radical (unpaired) electrons. The van der Waals surface area contributed by atoms with Gasteiger partial charge in [0.15, 0.2) is 6.61 Å². The lowest BCUT2D eigenvalue weighted by Crippen LogP contribution is -2.37. The molecule has 0 spiro atoms. The fraction of sp³-hybridized carbons (Fsp3) is 0.286. The quantitative estimate of drug-likeness (QED) is 0.559. The largest absolute Gasteiger partial charge is 0.452 e. The second-order valence-corrected chi connectivity index (χ2v) is 8.64. The van der Waals surface area contributed by atoms with Crippen molar-refractivity contribution in [2.24, 2.45) is 0 Å². The number of hydrogen-bond acceptors (Lipinski definition) is 6. The van der Waals surface area contributed by atoms with Crippen LogP contribution in [0, 0.1) is 20.8 Å². The van der Waals surface area contributed by atoms with E-state index < -0.39 is 34.5 Å². The van der Waals surface area contributed by atoms with Crippen LogP contribution in [-0.4, -0.2) is 39.5 Å². The number of imide groups is 1. The minimum atomic E-state index is -3.76. The van der Waals surface area contributed by atoms with Crippen LogP contribution in [0.5, 0.6) is 0 Å². The Bertz CT molecular complexity index is 1110. The van der Waals surface area contributed by atoms with Crippen molar-refractivity contribution in [1.29, 1.82) is 0 Å². The lowest BCUT2D eigenvalue weighted by molar-refractivity contribution is -0.123. The Morgan fingerprint density at radius 1 is 0.968 bits per heavy atom. The molecule has 0 heterocycles. The molecule has 0 aromatic heterocycles. The van der Waals surface area contributed by atoms with Gasteiger partial charge in [-0.15, -0.1) is 0 Å². The third-order valence-corrected chi connectivity index (χ3v) is 5.83. The highest BCUT2D eigenvalue weighted by molar-refractivity contribution is 7.89. The molecule has 3 N–H and O–H groups in total. The van der Waals surface area contributed by atoms with Gasteiger partial charge in [-0.2, -0.15) is 0 Å². The Balaban J connectivity index is 1.97. The van der Waals surface area contributed by atoms with Crippen LogP contribution in [0.4, 0.5) is 10.5 Å². The summed E-state index contributed by atoms with van der Waals surface area (Å²) in [5.41, 5.74) is 2.89. The molecule has 0 unspecified atom stereocenters. The topological polar surface area (TPSA) is 131 Å². The van der Waals surface area contributed by atoms with E-state index >= 15 is 0 Å². The maximum Gasteiger partial charge on any atom is 0.338 e. The van der Waals surface area contributed by atoms with E-state index in [0.29, 0.717) is 11.3 Å². The normalized spacial score (nSPS) is 11.0. The molecule has 9 nitrogen and oxygen atoms in total. The van der Waals surface area contributed by atoms with Crippen LogP contribution in [-0.2, 0) is 19.6 Å². The molecular weight excluding hydrogens is 422 g/mol. The second kappa shape index (κ2) is 10.2. The van der Waals surface area contributed by atoms with E-state index in [2.05, 4.69) is 15.4 Å². The third-order valence-electron chi connectivity index (χ3n) is 4.29. The standard InChI is InChI=1S/C21H25N3O6S/c1-5-22-31(28,29)16-8-7-14(3)17(11-16)20(26)30-12-19(25)24-21(27)23-18-9-6-13(2)10-15(18)4/h6-11,22H,5,12H2,1-4H3,(H2,23,24,25,27). The fourth-order valence-electron chi connectivity index (χ4n) is 2.74. The first-order chi connectivity index (χ1) is 14.5. The predicted octanol–water partition coefficient (Wildman–Crippen LogP) is 2.42. The van der Waals surface area contributed by atoms with Gasteiger partial charge in [-0.1, -0.05) is 30.7 Å². The first kappa shape index (κ1) is 24.0. The number of amides is 3. The second-order valence-electron chi connectivity index (χ2n) is 6.87. The molecule has 166 valence electrons. The number of urea groups is 1. The van der Waals surface area contributed by atoms with E-state index in [0.717, 1.165) is 11.1 Å². The molecule has 3 amide bonds. The monoisotopic (exact) mass is 447 g/mol. The van der Waals surface area contributed by atoms with Crippen LogP contribution in [0.1, 0.15) is 34.0 Å². The summed E-state index contributed by atoms with van der Waals surface area (Å²) in [6, 6.07) is 8.67. The number of nitrogens with one attached hydrogen (secondary N) is 3. The predicted molar refractivity (Wildman–Crippen MR) is 115 cm³/mol. The Kier molecular flexibility index (Phi) is 7.89. The van der Waals surface area contributed by atoms with Crippen LogP contribution >= 0.6 is 0 Å². The van der Waals surface area contributed by atoms with E-state index in [1.165, 1.54) is 18.2 Å².